The van der Waals surface area contributed by atoms with Crippen LogP contribution in [0.5, 0.6) is 0 Å². The van der Waals surface area contributed by atoms with Crippen LogP contribution in [0.3, 0.4) is 0 Å². The van der Waals surface area contributed by atoms with Gasteiger partial charge < -0.3 is 5.11 Å². The van der Waals surface area contributed by atoms with Crippen molar-refractivity contribution in [1.82, 2.24) is 0 Å². The summed E-state index contributed by atoms with van der Waals surface area (Å²) in [7, 11) is 0. The van der Waals surface area contributed by atoms with Crippen LogP contribution in [-0.2, 0) is 0 Å². The van der Waals surface area contributed by atoms with Gasteiger partial charge in [-0.05, 0) is 50.4 Å². The average Bonchev–Trinajstić information content (AvgIpc) is 2.64. The van der Waals surface area contributed by atoms with Crippen LogP contribution in [0.4, 0.5) is 0 Å². The van der Waals surface area contributed by atoms with Gasteiger partial charge in [0.1, 0.15) is 0 Å². The Bertz CT molecular complexity index is 209. The van der Waals surface area contributed by atoms with E-state index in [2.05, 4.69) is 6.58 Å². The fraction of sp³-hybridized carbons (Fsp3) is 0.833. The summed E-state index contributed by atoms with van der Waals surface area (Å²) in [6.07, 6.45) is 6.39. The largest absolute Gasteiger partial charge is 0.389 e. The molecule has 2 saturated carbocycles. The van der Waals surface area contributed by atoms with Gasteiger partial charge in [0.05, 0.1) is 6.10 Å². The van der Waals surface area contributed by atoms with Crippen molar-refractivity contribution >= 4 is 0 Å². The van der Waals surface area contributed by atoms with Crippen molar-refractivity contribution in [3.05, 3.63) is 12.2 Å². The lowest BCUT2D eigenvalue weighted by Gasteiger charge is -2.24. The lowest BCUT2D eigenvalue weighted by molar-refractivity contribution is 0.154. The first-order valence-electron chi connectivity index (χ1n) is 5.50. The van der Waals surface area contributed by atoms with Gasteiger partial charge >= 0.3 is 0 Å². The van der Waals surface area contributed by atoms with Gasteiger partial charge in [0.25, 0.3) is 0 Å². The van der Waals surface area contributed by atoms with Crippen molar-refractivity contribution in [3.63, 3.8) is 0 Å². The second kappa shape index (κ2) is 3.45. The molecule has 0 amide bonds. The van der Waals surface area contributed by atoms with Gasteiger partial charge in [-0.25, -0.2) is 0 Å². The molecule has 2 aliphatic rings. The molecule has 1 N–H and O–H groups in total. The highest BCUT2D eigenvalue weighted by molar-refractivity contribution is 5.00. The molecule has 4 atom stereocenters. The summed E-state index contributed by atoms with van der Waals surface area (Å²) >= 11 is 0. The molecule has 0 saturated heterocycles. The van der Waals surface area contributed by atoms with E-state index in [1.165, 1.54) is 25.7 Å². The first-order valence-corrected chi connectivity index (χ1v) is 5.50. The maximum absolute atomic E-state index is 9.72. The summed E-state index contributed by atoms with van der Waals surface area (Å²) in [5.74, 6) is 2.72. The molecule has 0 radical (unpaired) electrons. The summed E-state index contributed by atoms with van der Waals surface area (Å²) in [4.78, 5) is 0. The van der Waals surface area contributed by atoms with Crippen LogP contribution in [0.2, 0.25) is 0 Å². The van der Waals surface area contributed by atoms with Gasteiger partial charge in [-0.15, -0.1) is 0 Å². The Balaban J connectivity index is 1.86. The zero-order valence-corrected chi connectivity index (χ0v) is 8.50. The molecule has 2 rings (SSSR count). The maximum atomic E-state index is 9.72. The molecule has 2 fully saturated rings. The quantitative estimate of drug-likeness (QED) is 0.662. The van der Waals surface area contributed by atoms with Crippen molar-refractivity contribution < 1.29 is 5.11 Å². The van der Waals surface area contributed by atoms with E-state index in [1.807, 2.05) is 6.92 Å². The van der Waals surface area contributed by atoms with Crippen LogP contribution < -0.4 is 0 Å². The van der Waals surface area contributed by atoms with Gasteiger partial charge in [0, 0.05) is 0 Å². The first-order chi connectivity index (χ1) is 6.16. The Labute approximate surface area is 80.8 Å². The summed E-state index contributed by atoms with van der Waals surface area (Å²) < 4.78 is 0. The van der Waals surface area contributed by atoms with Crippen LogP contribution in [0.1, 0.15) is 39.0 Å². The van der Waals surface area contributed by atoms with E-state index in [0.717, 1.165) is 29.7 Å². The SMILES string of the molecule is C=C(C)C(O)CC1CC2CCC1C2. The maximum Gasteiger partial charge on any atom is 0.0747 e. The van der Waals surface area contributed by atoms with E-state index in [0.29, 0.717) is 0 Å². The van der Waals surface area contributed by atoms with Crippen LogP contribution in [0.25, 0.3) is 0 Å². The molecule has 0 heterocycles. The lowest BCUT2D eigenvalue weighted by atomic mass is 9.84. The van der Waals surface area contributed by atoms with E-state index in [-0.39, 0.29) is 6.10 Å². The molecule has 1 heteroatoms. The normalized spacial score (nSPS) is 39.4. The molecular formula is C12H20O. The van der Waals surface area contributed by atoms with Crippen molar-refractivity contribution in [3.8, 4) is 0 Å². The smallest absolute Gasteiger partial charge is 0.0747 e. The van der Waals surface area contributed by atoms with Crippen molar-refractivity contribution in [1.29, 1.82) is 0 Å². The summed E-state index contributed by atoms with van der Waals surface area (Å²) in [5.41, 5.74) is 0.933. The Morgan fingerprint density at radius 2 is 2.23 bits per heavy atom. The standard InChI is InChI=1S/C12H20O/c1-8(2)12(13)7-11-6-9-3-4-10(11)5-9/h9-13H,1,3-7H2,2H3. The first kappa shape index (κ1) is 9.26. The lowest BCUT2D eigenvalue weighted by Crippen LogP contribution is -2.18. The minimum absolute atomic E-state index is 0.246. The van der Waals surface area contributed by atoms with Crippen LogP contribution in [0, 0.1) is 17.8 Å². The molecule has 0 aromatic rings. The highest BCUT2D eigenvalue weighted by Crippen LogP contribution is 2.50. The number of aliphatic hydroxyl groups excluding tert-OH is 1. The number of aliphatic hydroxyl groups is 1. The summed E-state index contributed by atoms with van der Waals surface area (Å²) in [5, 5.41) is 9.72. The number of fused-ring (bicyclic) bond motifs is 2. The summed E-state index contributed by atoms with van der Waals surface area (Å²) in [6, 6.07) is 0. The highest BCUT2D eigenvalue weighted by atomic mass is 16.3. The average molecular weight is 180 g/mol. The summed E-state index contributed by atoms with van der Waals surface area (Å²) in [6.45, 7) is 5.74. The third kappa shape index (κ3) is 1.80. The topological polar surface area (TPSA) is 20.2 Å². The van der Waals surface area contributed by atoms with Gasteiger partial charge in [0.2, 0.25) is 0 Å². The van der Waals surface area contributed by atoms with E-state index in [1.54, 1.807) is 0 Å². The Morgan fingerprint density at radius 1 is 1.46 bits per heavy atom. The predicted octanol–water partition coefficient (Wildman–Crippen LogP) is 2.75. The minimum Gasteiger partial charge on any atom is -0.389 e. The minimum atomic E-state index is -0.246. The van der Waals surface area contributed by atoms with Gasteiger partial charge in [-0.1, -0.05) is 18.6 Å². The zero-order chi connectivity index (χ0) is 9.42. The van der Waals surface area contributed by atoms with E-state index < -0.39 is 0 Å². The number of hydrogen-bond donors (Lipinski definition) is 1. The van der Waals surface area contributed by atoms with Crippen molar-refractivity contribution in [2.45, 2.75) is 45.1 Å². The molecule has 4 unspecified atom stereocenters. The molecular weight excluding hydrogens is 160 g/mol. The second-order valence-electron chi connectivity index (χ2n) is 5.03. The third-order valence-corrected chi connectivity index (χ3v) is 3.98. The molecule has 0 aromatic heterocycles. The van der Waals surface area contributed by atoms with Crippen LogP contribution >= 0.6 is 0 Å². The zero-order valence-electron chi connectivity index (χ0n) is 8.50. The third-order valence-electron chi connectivity index (χ3n) is 3.98. The van der Waals surface area contributed by atoms with Gasteiger partial charge in [-0.3, -0.25) is 0 Å². The fourth-order valence-electron chi connectivity index (χ4n) is 3.15. The predicted molar refractivity (Wildman–Crippen MR) is 54.4 cm³/mol. The van der Waals surface area contributed by atoms with E-state index >= 15 is 0 Å². The van der Waals surface area contributed by atoms with Gasteiger partial charge in [0.15, 0.2) is 0 Å². The van der Waals surface area contributed by atoms with E-state index in [9.17, 15) is 5.11 Å². The molecule has 0 spiro atoms. The Morgan fingerprint density at radius 3 is 2.69 bits per heavy atom. The molecule has 13 heavy (non-hydrogen) atoms. The highest BCUT2D eigenvalue weighted by Gasteiger charge is 2.39. The van der Waals surface area contributed by atoms with E-state index in [4.69, 9.17) is 0 Å². The fourth-order valence-corrected chi connectivity index (χ4v) is 3.15. The van der Waals surface area contributed by atoms with Crippen molar-refractivity contribution in [2.24, 2.45) is 17.8 Å². The Kier molecular flexibility index (Phi) is 2.46. The van der Waals surface area contributed by atoms with Gasteiger partial charge in [-0.2, -0.15) is 0 Å². The molecule has 74 valence electrons. The van der Waals surface area contributed by atoms with Crippen LogP contribution in [-0.4, -0.2) is 11.2 Å². The molecule has 0 aliphatic heterocycles. The van der Waals surface area contributed by atoms with Crippen molar-refractivity contribution in [2.75, 3.05) is 0 Å². The monoisotopic (exact) mass is 180 g/mol. The molecule has 2 aliphatic carbocycles. The Hall–Kier alpha value is -0.300. The molecule has 0 aromatic carbocycles. The number of rotatable bonds is 3. The second-order valence-corrected chi connectivity index (χ2v) is 5.03. The molecule has 2 bridgehead atoms. The number of hydrogen-bond acceptors (Lipinski definition) is 1. The molecule has 1 nitrogen and oxygen atoms in total. The van der Waals surface area contributed by atoms with Crippen LogP contribution in [0.15, 0.2) is 12.2 Å².